The number of esters is 1. The Bertz CT molecular complexity index is 964. The minimum Gasteiger partial charge on any atom is -0.459 e. The number of aromatic nitrogens is 1. The molecule has 1 aliphatic rings. The van der Waals surface area contributed by atoms with Gasteiger partial charge in [0, 0.05) is 25.4 Å². The van der Waals surface area contributed by atoms with Gasteiger partial charge in [-0.2, -0.15) is 4.31 Å². The van der Waals surface area contributed by atoms with E-state index >= 15 is 0 Å². The number of benzene rings is 1. The largest absolute Gasteiger partial charge is 0.459 e. The van der Waals surface area contributed by atoms with Crippen LogP contribution in [0.15, 0.2) is 34.5 Å². The molecule has 0 saturated carbocycles. The van der Waals surface area contributed by atoms with E-state index in [4.69, 9.17) is 4.74 Å². The molecule has 10 heteroatoms. The number of thiazole rings is 1. The molecule has 0 aliphatic carbocycles. The summed E-state index contributed by atoms with van der Waals surface area (Å²) in [6.45, 7) is 2.51. The molecule has 0 unspecified atom stereocenters. The van der Waals surface area contributed by atoms with Crippen LogP contribution >= 0.6 is 11.3 Å². The summed E-state index contributed by atoms with van der Waals surface area (Å²) in [7, 11) is -3.48. The van der Waals surface area contributed by atoms with Gasteiger partial charge in [0.25, 0.3) is 0 Å². The molecule has 1 fully saturated rings. The third-order valence-corrected chi connectivity index (χ3v) is 7.16. The van der Waals surface area contributed by atoms with Crippen LogP contribution in [0.5, 0.6) is 0 Å². The fraction of sp³-hybridized carbons (Fsp3) is 0.421. The number of nitrogens with zero attached hydrogens (tertiary/aromatic N) is 2. The third-order valence-electron chi connectivity index (χ3n) is 4.44. The highest BCUT2D eigenvalue weighted by Gasteiger charge is 2.25. The van der Waals surface area contributed by atoms with Gasteiger partial charge < -0.3 is 10.1 Å². The SMILES string of the molecule is CC(=O)Nc1nc(COC(=O)Cc2ccc(S(=O)(=O)N3CCCCC3)cc2)cs1. The lowest BCUT2D eigenvalue weighted by Crippen LogP contribution is -2.35. The average molecular weight is 438 g/mol. The van der Waals surface area contributed by atoms with Crippen LogP contribution in [0.2, 0.25) is 0 Å². The number of nitrogens with one attached hydrogen (secondary N) is 1. The molecule has 1 N–H and O–H groups in total. The highest BCUT2D eigenvalue weighted by Crippen LogP contribution is 2.21. The number of carbonyl (C=O) groups is 2. The number of rotatable bonds is 7. The van der Waals surface area contributed by atoms with Crippen LogP contribution < -0.4 is 5.32 Å². The molecule has 0 spiro atoms. The van der Waals surface area contributed by atoms with Crippen molar-refractivity contribution < 1.29 is 22.7 Å². The lowest BCUT2D eigenvalue weighted by molar-refractivity contribution is -0.144. The first-order valence-electron chi connectivity index (χ1n) is 9.31. The number of piperidine rings is 1. The highest BCUT2D eigenvalue weighted by atomic mass is 32.2. The van der Waals surface area contributed by atoms with Crippen molar-refractivity contribution in [3.8, 4) is 0 Å². The normalized spacial score (nSPS) is 15.1. The number of ether oxygens (including phenoxy) is 1. The summed E-state index contributed by atoms with van der Waals surface area (Å²) in [5, 5.41) is 4.73. The van der Waals surface area contributed by atoms with E-state index < -0.39 is 16.0 Å². The van der Waals surface area contributed by atoms with E-state index in [1.165, 1.54) is 34.7 Å². The fourth-order valence-corrected chi connectivity index (χ4v) is 5.25. The Morgan fingerprint density at radius 1 is 1.17 bits per heavy atom. The summed E-state index contributed by atoms with van der Waals surface area (Å²) in [5.41, 5.74) is 1.22. The van der Waals surface area contributed by atoms with Crippen LogP contribution in [-0.4, -0.2) is 42.7 Å². The number of amides is 1. The second kappa shape index (κ2) is 9.47. The predicted octanol–water partition coefficient (Wildman–Crippen LogP) is 2.56. The monoisotopic (exact) mass is 437 g/mol. The molecule has 1 saturated heterocycles. The number of sulfonamides is 1. The van der Waals surface area contributed by atoms with Crippen LogP contribution in [0, 0.1) is 0 Å². The molecule has 0 atom stereocenters. The Morgan fingerprint density at radius 2 is 1.86 bits per heavy atom. The van der Waals surface area contributed by atoms with Crippen LogP contribution in [0.4, 0.5) is 5.13 Å². The molecule has 1 amide bonds. The Hall–Kier alpha value is -2.30. The van der Waals surface area contributed by atoms with Gasteiger partial charge in [0.2, 0.25) is 15.9 Å². The highest BCUT2D eigenvalue weighted by molar-refractivity contribution is 7.89. The molecule has 2 aromatic rings. The van der Waals surface area contributed by atoms with Crippen molar-refractivity contribution in [2.24, 2.45) is 0 Å². The van der Waals surface area contributed by atoms with Gasteiger partial charge >= 0.3 is 5.97 Å². The van der Waals surface area contributed by atoms with Crippen molar-refractivity contribution in [2.75, 3.05) is 18.4 Å². The Labute approximate surface area is 173 Å². The second-order valence-electron chi connectivity index (χ2n) is 6.77. The second-order valence-corrected chi connectivity index (χ2v) is 9.57. The summed E-state index contributed by atoms with van der Waals surface area (Å²) in [6.07, 6.45) is 2.86. The predicted molar refractivity (Wildman–Crippen MR) is 109 cm³/mol. The minimum absolute atomic E-state index is 0.0103. The Morgan fingerprint density at radius 3 is 2.52 bits per heavy atom. The van der Waals surface area contributed by atoms with Gasteiger partial charge in [-0.15, -0.1) is 11.3 Å². The van der Waals surface area contributed by atoms with Crippen LogP contribution in [0.1, 0.15) is 37.4 Å². The number of anilines is 1. The third kappa shape index (κ3) is 5.84. The summed E-state index contributed by atoms with van der Waals surface area (Å²) in [4.78, 5) is 27.4. The van der Waals surface area contributed by atoms with E-state index in [0.29, 0.717) is 29.5 Å². The quantitative estimate of drug-likeness (QED) is 0.668. The first-order valence-corrected chi connectivity index (χ1v) is 11.6. The van der Waals surface area contributed by atoms with Crippen LogP contribution in [0.25, 0.3) is 0 Å². The molecule has 0 radical (unpaired) electrons. The fourth-order valence-electron chi connectivity index (χ4n) is 2.99. The van der Waals surface area contributed by atoms with Crippen LogP contribution in [-0.2, 0) is 37.4 Å². The van der Waals surface area contributed by atoms with E-state index in [1.54, 1.807) is 17.5 Å². The van der Waals surface area contributed by atoms with Gasteiger partial charge in [-0.25, -0.2) is 13.4 Å². The zero-order valence-electron chi connectivity index (χ0n) is 16.1. The van der Waals surface area contributed by atoms with Gasteiger partial charge in [0.05, 0.1) is 17.0 Å². The number of hydrogen-bond acceptors (Lipinski definition) is 7. The number of hydrogen-bond donors (Lipinski definition) is 1. The molecule has 0 bridgehead atoms. The zero-order chi connectivity index (χ0) is 20.9. The molecular weight excluding hydrogens is 414 g/mol. The van der Waals surface area contributed by atoms with Crippen molar-refractivity contribution in [1.29, 1.82) is 0 Å². The van der Waals surface area contributed by atoms with Crippen molar-refractivity contribution in [3.63, 3.8) is 0 Å². The molecule has 8 nitrogen and oxygen atoms in total. The number of carbonyl (C=O) groups excluding carboxylic acids is 2. The van der Waals surface area contributed by atoms with Gasteiger partial charge in [0.15, 0.2) is 5.13 Å². The van der Waals surface area contributed by atoms with Crippen molar-refractivity contribution in [2.45, 2.75) is 44.1 Å². The Kier molecular flexibility index (Phi) is 6.99. The molecule has 2 heterocycles. The van der Waals surface area contributed by atoms with Crippen molar-refractivity contribution in [1.82, 2.24) is 9.29 Å². The molecular formula is C19H23N3O5S2. The van der Waals surface area contributed by atoms with Crippen molar-refractivity contribution in [3.05, 3.63) is 40.9 Å². The summed E-state index contributed by atoms with van der Waals surface area (Å²) >= 11 is 1.25. The molecule has 1 aromatic carbocycles. The van der Waals surface area contributed by atoms with E-state index in [1.807, 2.05) is 0 Å². The van der Waals surface area contributed by atoms with Crippen molar-refractivity contribution >= 4 is 38.4 Å². The average Bonchev–Trinajstić information content (AvgIpc) is 3.14. The van der Waals surface area contributed by atoms with Gasteiger partial charge in [0.1, 0.15) is 6.61 Å². The lowest BCUT2D eigenvalue weighted by atomic mass is 10.1. The van der Waals surface area contributed by atoms with Gasteiger partial charge in [-0.3, -0.25) is 9.59 Å². The maximum absolute atomic E-state index is 12.7. The standard InChI is InChI=1S/C19H23N3O5S2/c1-14(23)20-19-21-16(13-28-19)12-27-18(24)11-15-5-7-17(8-6-15)29(25,26)22-9-3-2-4-10-22/h5-8,13H,2-4,9-12H2,1H3,(H,20,21,23). The first-order chi connectivity index (χ1) is 13.8. The van der Waals surface area contributed by atoms with Gasteiger partial charge in [-0.05, 0) is 30.5 Å². The van der Waals surface area contributed by atoms with E-state index in [9.17, 15) is 18.0 Å². The lowest BCUT2D eigenvalue weighted by Gasteiger charge is -2.25. The summed E-state index contributed by atoms with van der Waals surface area (Å²) < 4.78 is 32.0. The molecule has 3 rings (SSSR count). The minimum atomic E-state index is -3.48. The molecule has 1 aliphatic heterocycles. The Balaban J connectivity index is 1.53. The molecule has 156 valence electrons. The van der Waals surface area contributed by atoms with E-state index in [-0.39, 0.29) is 23.8 Å². The maximum Gasteiger partial charge on any atom is 0.310 e. The topological polar surface area (TPSA) is 106 Å². The van der Waals surface area contributed by atoms with E-state index in [0.717, 1.165) is 19.3 Å². The zero-order valence-corrected chi connectivity index (χ0v) is 17.7. The molecule has 29 heavy (non-hydrogen) atoms. The van der Waals surface area contributed by atoms with Crippen LogP contribution in [0.3, 0.4) is 0 Å². The smallest absolute Gasteiger partial charge is 0.310 e. The molecule has 1 aromatic heterocycles. The van der Waals surface area contributed by atoms with E-state index in [2.05, 4.69) is 10.3 Å². The first kappa shape index (κ1) is 21.4. The summed E-state index contributed by atoms with van der Waals surface area (Å²) in [5.74, 6) is -0.653. The van der Waals surface area contributed by atoms with Gasteiger partial charge in [-0.1, -0.05) is 18.6 Å². The summed E-state index contributed by atoms with van der Waals surface area (Å²) in [6, 6.07) is 6.34. The maximum atomic E-state index is 12.7.